The molecule has 0 aliphatic rings. The lowest BCUT2D eigenvalue weighted by Gasteiger charge is -2.10. The first-order valence-corrected chi connectivity index (χ1v) is 9.72. The van der Waals surface area contributed by atoms with Crippen LogP contribution in [-0.4, -0.2) is 35.6 Å². The third kappa shape index (κ3) is 6.92. The number of hydrogen-bond donors (Lipinski definition) is 2. The van der Waals surface area contributed by atoms with Crippen LogP contribution < -0.4 is 10.6 Å². The van der Waals surface area contributed by atoms with Gasteiger partial charge >= 0.3 is 0 Å². The van der Waals surface area contributed by atoms with E-state index in [0.29, 0.717) is 24.2 Å². The second kappa shape index (κ2) is 11.7. The Bertz CT molecular complexity index is 438. The van der Waals surface area contributed by atoms with Crippen molar-refractivity contribution >= 4 is 43.7 Å². The highest BCUT2D eigenvalue weighted by Crippen LogP contribution is 2.09. The molecule has 0 aliphatic heterocycles. The van der Waals surface area contributed by atoms with Gasteiger partial charge in [0.1, 0.15) is 0 Å². The molecule has 0 atom stereocenters. The van der Waals surface area contributed by atoms with Gasteiger partial charge in [-0.25, -0.2) is 0 Å². The van der Waals surface area contributed by atoms with Gasteiger partial charge in [-0.15, -0.1) is 0 Å². The predicted octanol–water partition coefficient (Wildman–Crippen LogP) is 3.50. The maximum Gasteiger partial charge on any atom is 0.252 e. The standard InChI is InChI=1S/C16H22Br2N2O2/c17-9-3-5-11-19-15(21)13-7-1-2-8-14(13)16(22)20-12-6-4-10-18/h1-2,7-8H,3-6,9-12H2,(H,19,21)(H,20,22). The Morgan fingerprint density at radius 2 is 1.18 bits per heavy atom. The molecule has 6 heteroatoms. The zero-order valence-corrected chi connectivity index (χ0v) is 15.7. The van der Waals surface area contributed by atoms with E-state index in [0.717, 1.165) is 36.3 Å². The normalized spacial score (nSPS) is 10.3. The van der Waals surface area contributed by atoms with Crippen molar-refractivity contribution in [1.29, 1.82) is 0 Å². The van der Waals surface area contributed by atoms with Gasteiger partial charge in [0, 0.05) is 23.7 Å². The lowest BCUT2D eigenvalue weighted by Crippen LogP contribution is -2.30. The highest BCUT2D eigenvalue weighted by Gasteiger charge is 2.15. The molecule has 0 heterocycles. The maximum absolute atomic E-state index is 12.2. The number of benzene rings is 1. The summed E-state index contributed by atoms with van der Waals surface area (Å²) in [5, 5.41) is 7.57. The Hall–Kier alpha value is -0.880. The predicted molar refractivity (Wildman–Crippen MR) is 97.2 cm³/mol. The van der Waals surface area contributed by atoms with Crippen LogP contribution in [0, 0.1) is 0 Å². The van der Waals surface area contributed by atoms with Gasteiger partial charge in [0.15, 0.2) is 0 Å². The molecular weight excluding hydrogens is 412 g/mol. The molecule has 0 aromatic heterocycles. The van der Waals surface area contributed by atoms with Crippen molar-refractivity contribution in [2.24, 2.45) is 0 Å². The van der Waals surface area contributed by atoms with E-state index in [4.69, 9.17) is 0 Å². The van der Waals surface area contributed by atoms with Crippen LogP contribution in [0.1, 0.15) is 46.4 Å². The summed E-state index contributed by atoms with van der Waals surface area (Å²) in [5.41, 5.74) is 0.860. The molecule has 2 N–H and O–H groups in total. The van der Waals surface area contributed by atoms with E-state index in [2.05, 4.69) is 42.5 Å². The Balaban J connectivity index is 2.60. The van der Waals surface area contributed by atoms with Crippen LogP contribution in [0.3, 0.4) is 0 Å². The topological polar surface area (TPSA) is 58.2 Å². The number of nitrogens with one attached hydrogen (secondary N) is 2. The van der Waals surface area contributed by atoms with Crippen molar-refractivity contribution in [1.82, 2.24) is 10.6 Å². The molecule has 0 fully saturated rings. The van der Waals surface area contributed by atoms with Crippen molar-refractivity contribution < 1.29 is 9.59 Å². The van der Waals surface area contributed by atoms with E-state index < -0.39 is 0 Å². The molecule has 0 saturated carbocycles. The molecule has 4 nitrogen and oxygen atoms in total. The Kier molecular flexibility index (Phi) is 10.2. The van der Waals surface area contributed by atoms with E-state index in [-0.39, 0.29) is 11.8 Å². The second-order valence-electron chi connectivity index (χ2n) is 4.85. The SMILES string of the molecule is O=C(NCCCCBr)c1ccccc1C(=O)NCCCCBr. The molecule has 1 rings (SSSR count). The zero-order chi connectivity index (χ0) is 16.2. The Labute approximate surface area is 148 Å². The molecule has 0 saturated heterocycles. The van der Waals surface area contributed by atoms with Gasteiger partial charge in [0.2, 0.25) is 0 Å². The number of amides is 2. The minimum atomic E-state index is -0.194. The molecule has 0 unspecified atom stereocenters. The summed E-state index contributed by atoms with van der Waals surface area (Å²) in [7, 11) is 0. The van der Waals surface area contributed by atoms with Crippen LogP contribution in [0.4, 0.5) is 0 Å². The highest BCUT2D eigenvalue weighted by molar-refractivity contribution is 9.09. The summed E-state index contributed by atoms with van der Waals surface area (Å²) in [6.07, 6.45) is 3.85. The van der Waals surface area contributed by atoms with E-state index in [1.54, 1.807) is 24.3 Å². The van der Waals surface area contributed by atoms with Crippen LogP contribution in [0.2, 0.25) is 0 Å². The number of halogens is 2. The number of carbonyl (C=O) groups excluding carboxylic acids is 2. The first kappa shape index (κ1) is 19.2. The molecule has 22 heavy (non-hydrogen) atoms. The zero-order valence-electron chi connectivity index (χ0n) is 12.5. The van der Waals surface area contributed by atoms with Crippen molar-refractivity contribution in [3.05, 3.63) is 35.4 Å². The van der Waals surface area contributed by atoms with Crippen LogP contribution >= 0.6 is 31.9 Å². The van der Waals surface area contributed by atoms with E-state index >= 15 is 0 Å². The molecule has 0 aliphatic carbocycles. The van der Waals surface area contributed by atoms with Crippen molar-refractivity contribution in [2.75, 3.05) is 23.7 Å². The number of carbonyl (C=O) groups is 2. The average molecular weight is 434 g/mol. The summed E-state index contributed by atoms with van der Waals surface area (Å²) in [6.45, 7) is 1.23. The summed E-state index contributed by atoms with van der Waals surface area (Å²) >= 11 is 6.72. The van der Waals surface area contributed by atoms with Crippen molar-refractivity contribution in [3.63, 3.8) is 0 Å². The van der Waals surface area contributed by atoms with Gasteiger partial charge in [0.25, 0.3) is 11.8 Å². The fourth-order valence-electron chi connectivity index (χ4n) is 1.91. The minimum absolute atomic E-state index is 0.194. The van der Waals surface area contributed by atoms with Crippen molar-refractivity contribution in [3.8, 4) is 0 Å². The quantitative estimate of drug-likeness (QED) is 0.438. The number of unbranched alkanes of at least 4 members (excludes halogenated alkanes) is 2. The smallest absolute Gasteiger partial charge is 0.252 e. The molecule has 1 aromatic rings. The average Bonchev–Trinajstić information content (AvgIpc) is 2.55. The Morgan fingerprint density at radius 3 is 1.55 bits per heavy atom. The molecule has 1 aromatic carbocycles. The number of alkyl halides is 2. The lowest BCUT2D eigenvalue weighted by atomic mass is 10.1. The summed E-state index contributed by atoms with van der Waals surface area (Å²) in [5.74, 6) is -0.387. The molecular formula is C16H22Br2N2O2. The van der Waals surface area contributed by atoms with Gasteiger partial charge in [-0.3, -0.25) is 9.59 Å². The fraction of sp³-hybridized carbons (Fsp3) is 0.500. The van der Waals surface area contributed by atoms with E-state index in [1.807, 2.05) is 0 Å². The number of hydrogen-bond acceptors (Lipinski definition) is 2. The number of rotatable bonds is 10. The van der Waals surface area contributed by atoms with E-state index in [1.165, 1.54) is 0 Å². The summed E-state index contributed by atoms with van der Waals surface area (Å²) in [6, 6.07) is 6.92. The van der Waals surface area contributed by atoms with Gasteiger partial charge in [-0.2, -0.15) is 0 Å². The third-order valence-electron chi connectivity index (χ3n) is 3.11. The van der Waals surface area contributed by atoms with Crippen LogP contribution in [-0.2, 0) is 0 Å². The van der Waals surface area contributed by atoms with Crippen LogP contribution in [0.5, 0.6) is 0 Å². The van der Waals surface area contributed by atoms with Gasteiger partial charge in [-0.05, 0) is 37.8 Å². The minimum Gasteiger partial charge on any atom is -0.352 e. The highest BCUT2D eigenvalue weighted by atomic mass is 79.9. The molecule has 122 valence electrons. The summed E-state index contributed by atoms with van der Waals surface area (Å²) < 4.78 is 0. The molecule has 0 spiro atoms. The van der Waals surface area contributed by atoms with Gasteiger partial charge < -0.3 is 10.6 Å². The Morgan fingerprint density at radius 1 is 0.773 bits per heavy atom. The summed E-state index contributed by atoms with van der Waals surface area (Å²) in [4.78, 5) is 24.4. The maximum atomic E-state index is 12.2. The van der Waals surface area contributed by atoms with Gasteiger partial charge in [-0.1, -0.05) is 44.0 Å². The fourth-order valence-corrected chi connectivity index (χ4v) is 2.71. The largest absolute Gasteiger partial charge is 0.352 e. The molecule has 0 bridgehead atoms. The first-order valence-electron chi connectivity index (χ1n) is 7.48. The monoisotopic (exact) mass is 432 g/mol. The first-order chi connectivity index (χ1) is 10.7. The molecule has 2 amide bonds. The van der Waals surface area contributed by atoms with Crippen molar-refractivity contribution in [2.45, 2.75) is 25.7 Å². The second-order valence-corrected chi connectivity index (χ2v) is 6.44. The lowest BCUT2D eigenvalue weighted by molar-refractivity contribution is 0.0919. The third-order valence-corrected chi connectivity index (χ3v) is 4.23. The van der Waals surface area contributed by atoms with E-state index in [9.17, 15) is 9.59 Å². The van der Waals surface area contributed by atoms with Crippen LogP contribution in [0.25, 0.3) is 0 Å². The van der Waals surface area contributed by atoms with Crippen LogP contribution in [0.15, 0.2) is 24.3 Å². The molecule has 0 radical (unpaired) electrons. The van der Waals surface area contributed by atoms with Gasteiger partial charge in [0.05, 0.1) is 11.1 Å².